The molecule has 0 aliphatic rings. The maximum atomic E-state index is 5.71. The van der Waals surface area contributed by atoms with Gasteiger partial charge in [-0.15, -0.1) is 0 Å². The molecule has 1 unspecified atom stereocenters. The molecule has 2 heteroatoms. The number of hydrogen-bond donors (Lipinski definition) is 1. The topological polar surface area (TPSA) is 29.3 Å². The molecule has 1 aromatic carbocycles. The average molecular weight is 234 g/mol. The Labute approximate surface area is 106 Å². The zero-order valence-corrected chi connectivity index (χ0v) is 11.7. The van der Waals surface area contributed by atoms with E-state index in [0.29, 0.717) is 12.6 Å². The summed E-state index contributed by atoms with van der Waals surface area (Å²) in [5.41, 5.74) is 9.77. The molecule has 0 aliphatic heterocycles. The Morgan fingerprint density at radius 1 is 1.29 bits per heavy atom. The zero-order chi connectivity index (χ0) is 12.8. The number of rotatable bonds is 6. The van der Waals surface area contributed by atoms with Crippen molar-refractivity contribution in [3.63, 3.8) is 0 Å². The maximum Gasteiger partial charge on any atom is 0.0401 e. The van der Waals surface area contributed by atoms with Crippen molar-refractivity contribution < 1.29 is 0 Å². The van der Waals surface area contributed by atoms with Crippen LogP contribution in [0.5, 0.6) is 0 Å². The van der Waals surface area contributed by atoms with Crippen molar-refractivity contribution in [1.29, 1.82) is 0 Å². The highest BCUT2D eigenvalue weighted by Crippen LogP contribution is 2.25. The summed E-state index contributed by atoms with van der Waals surface area (Å²) < 4.78 is 0. The summed E-state index contributed by atoms with van der Waals surface area (Å²) in [6, 6.07) is 7.29. The molecule has 1 rings (SSSR count). The van der Waals surface area contributed by atoms with Crippen LogP contribution in [0.3, 0.4) is 0 Å². The Bertz CT molecular complexity index is 347. The Hall–Kier alpha value is -1.02. The number of benzene rings is 1. The molecule has 1 atom stereocenters. The van der Waals surface area contributed by atoms with Gasteiger partial charge in [0.1, 0.15) is 0 Å². The lowest BCUT2D eigenvalue weighted by molar-refractivity contribution is 0.627. The fourth-order valence-electron chi connectivity index (χ4n) is 2.29. The van der Waals surface area contributed by atoms with Gasteiger partial charge in [0.2, 0.25) is 0 Å². The zero-order valence-electron chi connectivity index (χ0n) is 11.7. The molecular formula is C15H26N2. The van der Waals surface area contributed by atoms with Crippen molar-refractivity contribution in [2.75, 3.05) is 18.0 Å². The Balaban J connectivity index is 3.08. The fourth-order valence-corrected chi connectivity index (χ4v) is 2.29. The van der Waals surface area contributed by atoms with Crippen LogP contribution in [-0.2, 0) is 6.42 Å². The minimum atomic E-state index is 0.583. The van der Waals surface area contributed by atoms with E-state index < -0.39 is 0 Å². The van der Waals surface area contributed by atoms with E-state index in [1.54, 1.807) is 0 Å². The quantitative estimate of drug-likeness (QED) is 0.819. The maximum absolute atomic E-state index is 5.71. The van der Waals surface area contributed by atoms with Crippen LogP contribution in [0.2, 0.25) is 0 Å². The molecule has 2 nitrogen and oxygen atoms in total. The van der Waals surface area contributed by atoms with E-state index in [0.717, 1.165) is 13.0 Å². The summed E-state index contributed by atoms with van der Waals surface area (Å²) in [5, 5.41) is 0. The fraction of sp³-hybridized carbons (Fsp3) is 0.600. The molecule has 0 heterocycles. The van der Waals surface area contributed by atoms with Gasteiger partial charge in [0.25, 0.3) is 0 Å². The first-order valence-electron chi connectivity index (χ1n) is 6.70. The number of aryl methyl sites for hydroxylation is 1. The molecule has 0 saturated carbocycles. The van der Waals surface area contributed by atoms with Crippen molar-refractivity contribution in [2.24, 2.45) is 5.73 Å². The van der Waals surface area contributed by atoms with Gasteiger partial charge >= 0.3 is 0 Å². The molecule has 0 bridgehead atoms. The monoisotopic (exact) mass is 234 g/mol. The van der Waals surface area contributed by atoms with Gasteiger partial charge in [0, 0.05) is 18.3 Å². The van der Waals surface area contributed by atoms with Crippen LogP contribution < -0.4 is 10.6 Å². The molecule has 0 radical (unpaired) electrons. The predicted octanol–water partition coefficient (Wildman–Crippen LogP) is 3.12. The van der Waals surface area contributed by atoms with Gasteiger partial charge in [0.05, 0.1) is 0 Å². The summed E-state index contributed by atoms with van der Waals surface area (Å²) >= 11 is 0. The van der Waals surface area contributed by atoms with Crippen molar-refractivity contribution in [1.82, 2.24) is 0 Å². The molecule has 0 fully saturated rings. The highest BCUT2D eigenvalue weighted by Gasteiger charge is 2.14. The SMILES string of the molecule is CCC(C)N(CC)c1ccc(C)cc1CCN. The van der Waals surface area contributed by atoms with Gasteiger partial charge in [-0.05, 0) is 51.8 Å². The van der Waals surface area contributed by atoms with Crippen LogP contribution >= 0.6 is 0 Å². The van der Waals surface area contributed by atoms with Crippen molar-refractivity contribution in [3.8, 4) is 0 Å². The van der Waals surface area contributed by atoms with E-state index in [1.807, 2.05) is 0 Å². The summed E-state index contributed by atoms with van der Waals surface area (Å²) in [7, 11) is 0. The molecule has 0 saturated heterocycles. The van der Waals surface area contributed by atoms with Gasteiger partial charge < -0.3 is 10.6 Å². The summed E-state index contributed by atoms with van der Waals surface area (Å²) in [5.74, 6) is 0. The third-order valence-corrected chi connectivity index (χ3v) is 3.42. The van der Waals surface area contributed by atoms with E-state index >= 15 is 0 Å². The first-order chi connectivity index (χ1) is 8.13. The van der Waals surface area contributed by atoms with Gasteiger partial charge in [-0.3, -0.25) is 0 Å². The molecular weight excluding hydrogens is 208 g/mol. The lowest BCUT2D eigenvalue weighted by Gasteiger charge is -2.31. The van der Waals surface area contributed by atoms with Crippen LogP contribution in [0.4, 0.5) is 5.69 Å². The van der Waals surface area contributed by atoms with Gasteiger partial charge in [-0.1, -0.05) is 24.6 Å². The number of anilines is 1. The second kappa shape index (κ2) is 6.65. The minimum Gasteiger partial charge on any atom is -0.369 e. The first kappa shape index (κ1) is 14.0. The largest absolute Gasteiger partial charge is 0.369 e. The molecule has 2 N–H and O–H groups in total. The molecule has 0 aliphatic carbocycles. The molecule has 1 aromatic rings. The van der Waals surface area contributed by atoms with E-state index in [2.05, 4.69) is 50.8 Å². The van der Waals surface area contributed by atoms with Crippen molar-refractivity contribution in [2.45, 2.75) is 46.6 Å². The van der Waals surface area contributed by atoms with E-state index in [-0.39, 0.29) is 0 Å². The second-order valence-corrected chi connectivity index (χ2v) is 4.71. The molecule has 0 spiro atoms. The van der Waals surface area contributed by atoms with E-state index in [1.165, 1.54) is 23.2 Å². The molecule has 96 valence electrons. The molecule has 0 amide bonds. The summed E-state index contributed by atoms with van der Waals surface area (Å²) in [4.78, 5) is 2.48. The molecule has 17 heavy (non-hydrogen) atoms. The Morgan fingerprint density at radius 2 is 2.00 bits per heavy atom. The van der Waals surface area contributed by atoms with Gasteiger partial charge in [-0.2, -0.15) is 0 Å². The van der Waals surface area contributed by atoms with Crippen LogP contribution in [0, 0.1) is 6.92 Å². The number of hydrogen-bond acceptors (Lipinski definition) is 2. The van der Waals surface area contributed by atoms with Crippen LogP contribution in [-0.4, -0.2) is 19.1 Å². The highest BCUT2D eigenvalue weighted by molar-refractivity contribution is 5.55. The highest BCUT2D eigenvalue weighted by atomic mass is 15.2. The average Bonchev–Trinajstić information content (AvgIpc) is 2.32. The van der Waals surface area contributed by atoms with Crippen LogP contribution in [0.1, 0.15) is 38.3 Å². The van der Waals surface area contributed by atoms with Gasteiger partial charge in [0.15, 0.2) is 0 Å². The van der Waals surface area contributed by atoms with Crippen molar-refractivity contribution >= 4 is 5.69 Å². The standard InChI is InChI=1S/C15H26N2/c1-5-13(4)17(6-2)15-8-7-12(3)11-14(15)9-10-16/h7-8,11,13H,5-6,9-10,16H2,1-4H3. The summed E-state index contributed by atoms with van der Waals surface area (Å²) in [6.07, 6.45) is 2.13. The minimum absolute atomic E-state index is 0.583. The van der Waals surface area contributed by atoms with Crippen LogP contribution in [0.15, 0.2) is 18.2 Å². The predicted molar refractivity (Wildman–Crippen MR) is 76.7 cm³/mol. The lowest BCUT2D eigenvalue weighted by Crippen LogP contribution is -2.33. The number of nitrogens with two attached hydrogens (primary N) is 1. The lowest BCUT2D eigenvalue weighted by atomic mass is 10.0. The van der Waals surface area contributed by atoms with Gasteiger partial charge in [-0.25, -0.2) is 0 Å². The first-order valence-corrected chi connectivity index (χ1v) is 6.70. The van der Waals surface area contributed by atoms with Crippen LogP contribution in [0.25, 0.3) is 0 Å². The normalized spacial score (nSPS) is 12.5. The third-order valence-electron chi connectivity index (χ3n) is 3.42. The number of nitrogens with zero attached hydrogens (tertiary/aromatic N) is 1. The van der Waals surface area contributed by atoms with E-state index in [4.69, 9.17) is 5.73 Å². The van der Waals surface area contributed by atoms with Crippen molar-refractivity contribution in [3.05, 3.63) is 29.3 Å². The smallest absolute Gasteiger partial charge is 0.0401 e. The Morgan fingerprint density at radius 3 is 2.53 bits per heavy atom. The Kier molecular flexibility index (Phi) is 5.49. The molecule has 0 aromatic heterocycles. The third kappa shape index (κ3) is 3.47. The summed E-state index contributed by atoms with van der Waals surface area (Å²) in [6.45, 7) is 10.7. The van der Waals surface area contributed by atoms with E-state index in [9.17, 15) is 0 Å². The second-order valence-electron chi connectivity index (χ2n) is 4.71.